The van der Waals surface area contributed by atoms with Gasteiger partial charge in [0.05, 0.1) is 6.54 Å². The third-order valence-corrected chi connectivity index (χ3v) is 3.13. The summed E-state index contributed by atoms with van der Waals surface area (Å²) in [6.07, 6.45) is 0.510. The van der Waals surface area contributed by atoms with Crippen LogP contribution in [-0.2, 0) is 6.42 Å². The van der Waals surface area contributed by atoms with Crippen molar-refractivity contribution in [2.24, 2.45) is 4.99 Å². The molecule has 2 N–H and O–H groups in total. The van der Waals surface area contributed by atoms with E-state index in [0.29, 0.717) is 42.9 Å². The number of benzene rings is 1. The summed E-state index contributed by atoms with van der Waals surface area (Å²) in [6, 6.07) is 5.95. The number of hydrogen-bond donors (Lipinski definition) is 2. The Kier molecular flexibility index (Phi) is 6.53. The van der Waals surface area contributed by atoms with E-state index in [0.717, 1.165) is 0 Å². The summed E-state index contributed by atoms with van der Waals surface area (Å²) in [6.45, 7) is 4.87. The number of aliphatic imine (C=N–C) groups is 1. The summed E-state index contributed by atoms with van der Waals surface area (Å²) >= 11 is 0. The molecule has 1 heterocycles. The van der Waals surface area contributed by atoms with Gasteiger partial charge in [-0.2, -0.15) is 4.98 Å². The van der Waals surface area contributed by atoms with Crippen molar-refractivity contribution in [2.75, 3.05) is 20.1 Å². The van der Waals surface area contributed by atoms with Crippen LogP contribution in [0.25, 0.3) is 0 Å². The molecule has 1 aromatic carbocycles. The molecule has 2 aromatic rings. The minimum Gasteiger partial charge on any atom is -0.489 e. The number of aryl methyl sites for hydroxylation is 1. The molecule has 0 aliphatic heterocycles. The Bertz CT molecular complexity index is 657. The summed E-state index contributed by atoms with van der Waals surface area (Å²) < 4.78 is 23.6. The molecule has 0 fully saturated rings. The van der Waals surface area contributed by atoms with Crippen molar-refractivity contribution < 1.29 is 13.7 Å². The number of ether oxygens (including phenoxy) is 1. The second-order valence-electron chi connectivity index (χ2n) is 5.25. The molecule has 0 spiro atoms. The summed E-state index contributed by atoms with van der Waals surface area (Å²) in [5.74, 6) is 2.21. The lowest BCUT2D eigenvalue weighted by Crippen LogP contribution is -2.42. The summed E-state index contributed by atoms with van der Waals surface area (Å²) in [7, 11) is 1.69. The van der Waals surface area contributed by atoms with Gasteiger partial charge in [0.25, 0.3) is 0 Å². The maximum Gasteiger partial charge on any atom is 0.228 e. The number of hydrogen-bond acceptors (Lipinski definition) is 5. The standard InChI is InChI=1S/C16H22FN5O2/c1-11(23-14-6-4-13(17)5-7-14)10-20-16(18-3)19-9-8-15-21-12(2)22-24-15/h4-7,11H,8-10H2,1-3H3,(H2,18,19,20). The number of aromatic nitrogens is 2. The van der Waals surface area contributed by atoms with E-state index >= 15 is 0 Å². The molecule has 0 radical (unpaired) electrons. The van der Waals surface area contributed by atoms with Crippen molar-refractivity contribution in [3.05, 3.63) is 41.8 Å². The zero-order chi connectivity index (χ0) is 17.4. The van der Waals surface area contributed by atoms with E-state index in [2.05, 4.69) is 25.8 Å². The van der Waals surface area contributed by atoms with Gasteiger partial charge >= 0.3 is 0 Å². The van der Waals surface area contributed by atoms with Gasteiger partial charge in [-0.05, 0) is 38.1 Å². The van der Waals surface area contributed by atoms with Crippen molar-refractivity contribution in [2.45, 2.75) is 26.4 Å². The quantitative estimate of drug-likeness (QED) is 0.592. The summed E-state index contributed by atoms with van der Waals surface area (Å²) in [4.78, 5) is 8.27. The molecule has 0 amide bonds. The van der Waals surface area contributed by atoms with Crippen LogP contribution in [0, 0.1) is 12.7 Å². The monoisotopic (exact) mass is 335 g/mol. The van der Waals surface area contributed by atoms with Gasteiger partial charge in [-0.1, -0.05) is 5.16 Å². The fraction of sp³-hybridized carbons (Fsp3) is 0.438. The van der Waals surface area contributed by atoms with Crippen LogP contribution in [0.5, 0.6) is 5.75 Å². The Morgan fingerprint density at radius 1 is 1.33 bits per heavy atom. The van der Waals surface area contributed by atoms with Gasteiger partial charge in [-0.25, -0.2) is 4.39 Å². The second kappa shape index (κ2) is 8.85. The molecule has 24 heavy (non-hydrogen) atoms. The fourth-order valence-electron chi connectivity index (χ4n) is 1.98. The lowest BCUT2D eigenvalue weighted by molar-refractivity contribution is 0.223. The van der Waals surface area contributed by atoms with Crippen LogP contribution >= 0.6 is 0 Å². The average molecular weight is 335 g/mol. The highest BCUT2D eigenvalue weighted by Gasteiger charge is 2.07. The fourth-order valence-corrected chi connectivity index (χ4v) is 1.98. The molecule has 0 saturated heterocycles. The minimum absolute atomic E-state index is 0.104. The van der Waals surface area contributed by atoms with E-state index in [4.69, 9.17) is 9.26 Å². The van der Waals surface area contributed by atoms with E-state index in [-0.39, 0.29) is 11.9 Å². The molecule has 0 aliphatic carbocycles. The number of guanidine groups is 1. The first-order valence-electron chi connectivity index (χ1n) is 7.72. The van der Waals surface area contributed by atoms with Crippen LogP contribution in [0.15, 0.2) is 33.8 Å². The van der Waals surface area contributed by atoms with Gasteiger partial charge in [0, 0.05) is 20.0 Å². The molecular weight excluding hydrogens is 313 g/mol. The molecular formula is C16H22FN5O2. The highest BCUT2D eigenvalue weighted by Crippen LogP contribution is 2.12. The number of nitrogens with one attached hydrogen (secondary N) is 2. The molecule has 0 bridgehead atoms. The smallest absolute Gasteiger partial charge is 0.228 e. The van der Waals surface area contributed by atoms with Gasteiger partial charge in [0.15, 0.2) is 11.8 Å². The third-order valence-electron chi connectivity index (χ3n) is 3.13. The largest absolute Gasteiger partial charge is 0.489 e. The first-order chi connectivity index (χ1) is 11.6. The van der Waals surface area contributed by atoms with E-state index in [9.17, 15) is 4.39 Å². The van der Waals surface area contributed by atoms with Crippen molar-refractivity contribution in [1.82, 2.24) is 20.8 Å². The van der Waals surface area contributed by atoms with E-state index < -0.39 is 0 Å². The Balaban J connectivity index is 1.69. The van der Waals surface area contributed by atoms with Gasteiger partial charge in [-0.3, -0.25) is 4.99 Å². The molecule has 2 rings (SSSR count). The first-order valence-corrected chi connectivity index (χ1v) is 7.72. The van der Waals surface area contributed by atoms with Crippen molar-refractivity contribution in [3.8, 4) is 5.75 Å². The van der Waals surface area contributed by atoms with Gasteiger partial charge in [0.1, 0.15) is 17.7 Å². The highest BCUT2D eigenvalue weighted by molar-refractivity contribution is 5.79. The average Bonchev–Trinajstić information content (AvgIpc) is 2.98. The minimum atomic E-state index is -0.283. The molecule has 0 aliphatic rings. The molecule has 1 atom stereocenters. The highest BCUT2D eigenvalue weighted by atomic mass is 19.1. The van der Waals surface area contributed by atoms with Crippen LogP contribution in [0.4, 0.5) is 4.39 Å². The molecule has 0 saturated carbocycles. The van der Waals surface area contributed by atoms with Crippen molar-refractivity contribution in [3.63, 3.8) is 0 Å². The van der Waals surface area contributed by atoms with E-state index in [1.54, 1.807) is 26.1 Å². The van der Waals surface area contributed by atoms with E-state index in [1.165, 1.54) is 12.1 Å². The predicted molar refractivity (Wildman–Crippen MR) is 88.6 cm³/mol. The van der Waals surface area contributed by atoms with Crippen LogP contribution < -0.4 is 15.4 Å². The van der Waals surface area contributed by atoms with Gasteiger partial charge in [0.2, 0.25) is 5.89 Å². The second-order valence-corrected chi connectivity index (χ2v) is 5.25. The maximum atomic E-state index is 12.9. The zero-order valence-electron chi connectivity index (χ0n) is 14.0. The number of halogens is 1. The topological polar surface area (TPSA) is 84.6 Å². The van der Waals surface area contributed by atoms with Crippen LogP contribution in [0.3, 0.4) is 0 Å². The number of nitrogens with zero attached hydrogens (tertiary/aromatic N) is 3. The molecule has 7 nitrogen and oxygen atoms in total. The summed E-state index contributed by atoms with van der Waals surface area (Å²) in [5.41, 5.74) is 0. The first kappa shape index (κ1) is 17.7. The van der Waals surface area contributed by atoms with Gasteiger partial charge in [-0.15, -0.1) is 0 Å². The third kappa shape index (κ3) is 5.86. The number of rotatable bonds is 7. The zero-order valence-corrected chi connectivity index (χ0v) is 14.0. The SMILES string of the molecule is CN=C(NCCc1nc(C)no1)NCC(C)Oc1ccc(F)cc1. The Hall–Kier alpha value is -2.64. The molecule has 1 unspecified atom stereocenters. The lowest BCUT2D eigenvalue weighted by atomic mass is 10.3. The summed E-state index contributed by atoms with van der Waals surface area (Å²) in [5, 5.41) is 10.1. The molecule has 8 heteroatoms. The maximum absolute atomic E-state index is 12.9. The normalized spacial score (nSPS) is 12.8. The predicted octanol–water partition coefficient (Wildman–Crippen LogP) is 1.69. The Morgan fingerprint density at radius 3 is 2.71 bits per heavy atom. The van der Waals surface area contributed by atoms with E-state index in [1.807, 2.05) is 6.92 Å². The molecule has 130 valence electrons. The van der Waals surface area contributed by atoms with Crippen LogP contribution in [0.1, 0.15) is 18.6 Å². The Labute approximate surface area is 140 Å². The Morgan fingerprint density at radius 2 is 2.08 bits per heavy atom. The molecule has 1 aromatic heterocycles. The van der Waals surface area contributed by atoms with Crippen molar-refractivity contribution in [1.29, 1.82) is 0 Å². The lowest BCUT2D eigenvalue weighted by Gasteiger charge is -2.17. The van der Waals surface area contributed by atoms with Gasteiger partial charge < -0.3 is 19.9 Å². The van der Waals surface area contributed by atoms with Crippen LogP contribution in [0.2, 0.25) is 0 Å². The van der Waals surface area contributed by atoms with Crippen LogP contribution in [-0.4, -0.2) is 42.3 Å². The van der Waals surface area contributed by atoms with Crippen molar-refractivity contribution >= 4 is 5.96 Å².